The molecule has 2 rings (SSSR count). The maximum Gasteiger partial charge on any atom is 0.255 e. The summed E-state index contributed by atoms with van der Waals surface area (Å²) < 4.78 is 1.71. The highest BCUT2D eigenvalue weighted by molar-refractivity contribution is 6.35. The SMILES string of the molecule is Cc1nn(C)c(C)c1C(=O)NCCc1ccc(Cl)cc1Cl. The Labute approximate surface area is 134 Å². The van der Waals surface area contributed by atoms with Gasteiger partial charge in [0.2, 0.25) is 0 Å². The molecule has 4 nitrogen and oxygen atoms in total. The highest BCUT2D eigenvalue weighted by atomic mass is 35.5. The molecule has 1 amide bonds. The van der Waals surface area contributed by atoms with E-state index in [0.29, 0.717) is 28.6 Å². The van der Waals surface area contributed by atoms with Gasteiger partial charge in [-0.15, -0.1) is 0 Å². The van der Waals surface area contributed by atoms with Crippen molar-refractivity contribution < 1.29 is 4.79 Å². The quantitative estimate of drug-likeness (QED) is 0.937. The average molecular weight is 326 g/mol. The lowest BCUT2D eigenvalue weighted by atomic mass is 10.1. The van der Waals surface area contributed by atoms with Crippen molar-refractivity contribution in [3.05, 3.63) is 50.8 Å². The van der Waals surface area contributed by atoms with Gasteiger partial charge in [0.05, 0.1) is 11.3 Å². The van der Waals surface area contributed by atoms with Gasteiger partial charge >= 0.3 is 0 Å². The molecule has 1 N–H and O–H groups in total. The monoisotopic (exact) mass is 325 g/mol. The van der Waals surface area contributed by atoms with E-state index in [9.17, 15) is 4.79 Å². The van der Waals surface area contributed by atoms with Crippen LogP contribution in [0.3, 0.4) is 0 Å². The number of rotatable bonds is 4. The fraction of sp³-hybridized carbons (Fsp3) is 0.333. The van der Waals surface area contributed by atoms with Gasteiger partial charge < -0.3 is 5.32 Å². The minimum absolute atomic E-state index is 0.108. The van der Waals surface area contributed by atoms with E-state index in [1.807, 2.05) is 27.0 Å². The Bertz CT molecular complexity index is 680. The van der Waals surface area contributed by atoms with Crippen LogP contribution in [0.25, 0.3) is 0 Å². The van der Waals surface area contributed by atoms with Crippen molar-refractivity contribution in [2.24, 2.45) is 7.05 Å². The predicted molar refractivity (Wildman–Crippen MR) is 85.2 cm³/mol. The van der Waals surface area contributed by atoms with Crippen molar-refractivity contribution in [1.82, 2.24) is 15.1 Å². The van der Waals surface area contributed by atoms with Crippen LogP contribution in [0.15, 0.2) is 18.2 Å². The van der Waals surface area contributed by atoms with E-state index >= 15 is 0 Å². The average Bonchev–Trinajstić information content (AvgIpc) is 2.66. The lowest BCUT2D eigenvalue weighted by molar-refractivity contribution is 0.0953. The highest BCUT2D eigenvalue weighted by Crippen LogP contribution is 2.21. The minimum Gasteiger partial charge on any atom is -0.352 e. The minimum atomic E-state index is -0.108. The molecule has 2 aromatic rings. The van der Waals surface area contributed by atoms with Gasteiger partial charge in [-0.25, -0.2) is 0 Å². The molecule has 112 valence electrons. The second kappa shape index (κ2) is 6.50. The zero-order valence-electron chi connectivity index (χ0n) is 12.2. The number of amides is 1. The van der Waals surface area contributed by atoms with E-state index < -0.39 is 0 Å². The number of halogens is 2. The number of benzene rings is 1. The largest absolute Gasteiger partial charge is 0.352 e. The lowest BCUT2D eigenvalue weighted by Gasteiger charge is -2.07. The summed E-state index contributed by atoms with van der Waals surface area (Å²) in [6, 6.07) is 5.37. The van der Waals surface area contributed by atoms with Gasteiger partial charge in [0.1, 0.15) is 0 Å². The van der Waals surface area contributed by atoms with Gasteiger partial charge in [-0.3, -0.25) is 9.48 Å². The van der Waals surface area contributed by atoms with Gasteiger partial charge in [0.25, 0.3) is 5.91 Å². The Kier molecular flexibility index (Phi) is 4.91. The van der Waals surface area contributed by atoms with Crippen LogP contribution >= 0.6 is 23.2 Å². The fourth-order valence-electron chi connectivity index (χ4n) is 2.23. The molecular formula is C15H17Cl2N3O. The Hall–Kier alpha value is -1.52. The zero-order chi connectivity index (χ0) is 15.6. The first-order valence-corrected chi connectivity index (χ1v) is 7.38. The summed E-state index contributed by atoms with van der Waals surface area (Å²) in [4.78, 5) is 12.2. The standard InChI is InChI=1S/C15H17Cl2N3O/c1-9-14(10(2)20(3)19-9)15(21)18-7-6-11-4-5-12(16)8-13(11)17/h4-5,8H,6-7H2,1-3H3,(H,18,21). The summed E-state index contributed by atoms with van der Waals surface area (Å²) in [5.74, 6) is -0.108. The van der Waals surface area contributed by atoms with Crippen LogP contribution in [0.5, 0.6) is 0 Å². The Morgan fingerprint density at radius 2 is 2.05 bits per heavy atom. The third kappa shape index (κ3) is 3.57. The molecule has 0 spiro atoms. The fourth-order valence-corrected chi connectivity index (χ4v) is 2.73. The van der Waals surface area contributed by atoms with Crippen LogP contribution in [-0.2, 0) is 13.5 Å². The third-order valence-corrected chi connectivity index (χ3v) is 4.02. The summed E-state index contributed by atoms with van der Waals surface area (Å²) in [5, 5.41) is 8.36. The van der Waals surface area contributed by atoms with Crippen LogP contribution in [0, 0.1) is 13.8 Å². The summed E-state index contributed by atoms with van der Waals surface area (Å²) >= 11 is 12.0. The van der Waals surface area contributed by atoms with Crippen molar-refractivity contribution in [3.63, 3.8) is 0 Å². The normalized spacial score (nSPS) is 10.7. The summed E-state index contributed by atoms with van der Waals surface area (Å²) in [6.07, 6.45) is 0.653. The first-order chi connectivity index (χ1) is 9.90. The molecule has 0 radical (unpaired) electrons. The van der Waals surface area contributed by atoms with Crippen molar-refractivity contribution in [2.75, 3.05) is 6.54 Å². The summed E-state index contributed by atoms with van der Waals surface area (Å²) in [7, 11) is 1.83. The van der Waals surface area contributed by atoms with Gasteiger partial charge in [-0.2, -0.15) is 5.10 Å². The molecule has 21 heavy (non-hydrogen) atoms. The molecule has 1 aromatic heterocycles. The molecule has 1 heterocycles. The topological polar surface area (TPSA) is 46.9 Å². The summed E-state index contributed by atoms with van der Waals surface area (Å²) in [5.41, 5.74) is 3.19. The van der Waals surface area contributed by atoms with Crippen molar-refractivity contribution in [1.29, 1.82) is 0 Å². The maximum atomic E-state index is 12.2. The first-order valence-electron chi connectivity index (χ1n) is 6.62. The maximum absolute atomic E-state index is 12.2. The smallest absolute Gasteiger partial charge is 0.255 e. The van der Waals surface area contributed by atoms with Crippen molar-refractivity contribution >= 4 is 29.1 Å². The zero-order valence-corrected chi connectivity index (χ0v) is 13.7. The van der Waals surface area contributed by atoms with E-state index in [1.54, 1.807) is 16.8 Å². The molecule has 1 aromatic carbocycles. The molecule has 0 saturated heterocycles. The van der Waals surface area contributed by atoms with Gasteiger partial charge in [0.15, 0.2) is 0 Å². The van der Waals surface area contributed by atoms with E-state index in [-0.39, 0.29) is 5.91 Å². The molecular weight excluding hydrogens is 309 g/mol. The van der Waals surface area contributed by atoms with E-state index in [1.165, 1.54) is 0 Å². The van der Waals surface area contributed by atoms with Crippen LogP contribution in [0.2, 0.25) is 10.0 Å². The lowest BCUT2D eigenvalue weighted by Crippen LogP contribution is -2.26. The highest BCUT2D eigenvalue weighted by Gasteiger charge is 2.16. The van der Waals surface area contributed by atoms with Crippen LogP contribution in [-0.4, -0.2) is 22.2 Å². The Balaban J connectivity index is 1.98. The van der Waals surface area contributed by atoms with E-state index in [4.69, 9.17) is 23.2 Å². The van der Waals surface area contributed by atoms with Gasteiger partial charge in [-0.1, -0.05) is 29.3 Å². The van der Waals surface area contributed by atoms with Crippen LogP contribution in [0.1, 0.15) is 27.3 Å². The van der Waals surface area contributed by atoms with Crippen molar-refractivity contribution in [3.8, 4) is 0 Å². The Morgan fingerprint density at radius 1 is 1.33 bits per heavy atom. The van der Waals surface area contributed by atoms with Crippen LogP contribution in [0.4, 0.5) is 0 Å². The third-order valence-electron chi connectivity index (χ3n) is 3.43. The molecule has 0 fully saturated rings. The predicted octanol–water partition coefficient (Wildman–Crippen LogP) is 3.32. The molecule has 0 aliphatic carbocycles. The Morgan fingerprint density at radius 3 is 2.62 bits per heavy atom. The molecule has 0 bridgehead atoms. The number of carbonyl (C=O) groups is 1. The second-order valence-electron chi connectivity index (χ2n) is 4.91. The number of carbonyl (C=O) groups excluding carboxylic acids is 1. The number of hydrogen-bond donors (Lipinski definition) is 1. The molecule has 6 heteroatoms. The number of aromatic nitrogens is 2. The second-order valence-corrected chi connectivity index (χ2v) is 5.75. The molecule has 0 aliphatic rings. The molecule has 0 saturated carbocycles. The summed E-state index contributed by atoms with van der Waals surface area (Å²) in [6.45, 7) is 4.22. The van der Waals surface area contributed by atoms with Crippen LogP contribution < -0.4 is 5.32 Å². The van der Waals surface area contributed by atoms with Gasteiger partial charge in [0, 0.05) is 29.3 Å². The van der Waals surface area contributed by atoms with Gasteiger partial charge in [-0.05, 0) is 38.0 Å². The van der Waals surface area contributed by atoms with E-state index in [0.717, 1.165) is 17.0 Å². The van der Waals surface area contributed by atoms with E-state index in [2.05, 4.69) is 10.4 Å². The number of nitrogens with zero attached hydrogens (tertiary/aromatic N) is 2. The number of nitrogens with one attached hydrogen (secondary N) is 1. The first kappa shape index (κ1) is 15.9. The molecule has 0 unspecified atom stereocenters. The molecule has 0 atom stereocenters. The number of hydrogen-bond acceptors (Lipinski definition) is 2. The number of aryl methyl sites for hydroxylation is 2. The van der Waals surface area contributed by atoms with Crippen molar-refractivity contribution in [2.45, 2.75) is 20.3 Å². The molecule has 0 aliphatic heterocycles.